The number of H-pyrrole nitrogens is 1. The van der Waals surface area contributed by atoms with Gasteiger partial charge in [0.2, 0.25) is 11.8 Å². The molecule has 220 valence electrons. The van der Waals surface area contributed by atoms with Gasteiger partial charge in [0.15, 0.2) is 0 Å². The van der Waals surface area contributed by atoms with E-state index in [0.29, 0.717) is 35.8 Å². The van der Waals surface area contributed by atoms with Crippen LogP contribution in [0.1, 0.15) is 34.5 Å². The Morgan fingerprint density at radius 3 is 2.44 bits per heavy atom. The van der Waals surface area contributed by atoms with Crippen LogP contribution in [0.3, 0.4) is 0 Å². The number of amides is 4. The van der Waals surface area contributed by atoms with Crippen molar-refractivity contribution in [1.82, 2.24) is 14.8 Å². The fourth-order valence-electron chi connectivity index (χ4n) is 5.86. The van der Waals surface area contributed by atoms with E-state index in [2.05, 4.69) is 15.6 Å². The predicted molar refractivity (Wildman–Crippen MR) is 164 cm³/mol. The number of likely N-dealkylation sites (tertiary alicyclic amines) is 1. The molecule has 2 aliphatic rings. The van der Waals surface area contributed by atoms with Crippen LogP contribution in [0.4, 0.5) is 16.2 Å². The van der Waals surface area contributed by atoms with E-state index in [1.807, 2.05) is 24.3 Å². The maximum absolute atomic E-state index is 14.2. The minimum Gasteiger partial charge on any atom is -0.478 e. The summed E-state index contributed by atoms with van der Waals surface area (Å²) in [7, 11) is 0. The molecule has 0 spiro atoms. The molecule has 1 saturated heterocycles. The number of rotatable bonds is 5. The van der Waals surface area contributed by atoms with Crippen molar-refractivity contribution in [2.45, 2.75) is 37.9 Å². The first-order chi connectivity index (χ1) is 20.7. The molecule has 2 aliphatic heterocycles. The lowest BCUT2D eigenvalue weighted by atomic mass is 9.95. The Kier molecular flexibility index (Phi) is 7.72. The van der Waals surface area contributed by atoms with Crippen molar-refractivity contribution in [2.75, 3.05) is 17.2 Å². The van der Waals surface area contributed by atoms with Crippen molar-refractivity contribution in [1.29, 1.82) is 0 Å². The number of carbonyl (C=O) groups excluding carboxylic acids is 3. The zero-order valence-electron chi connectivity index (χ0n) is 22.8. The summed E-state index contributed by atoms with van der Waals surface area (Å²) < 4.78 is 0. The van der Waals surface area contributed by atoms with Crippen molar-refractivity contribution >= 4 is 69.3 Å². The van der Waals surface area contributed by atoms with Crippen molar-refractivity contribution in [3.63, 3.8) is 0 Å². The second kappa shape index (κ2) is 11.6. The number of para-hydroxylation sites is 1. The number of anilines is 2. The number of fused-ring (bicyclic) bond motifs is 3. The third-order valence-corrected chi connectivity index (χ3v) is 8.68. The minimum atomic E-state index is -1.11. The van der Waals surface area contributed by atoms with Gasteiger partial charge >= 0.3 is 12.0 Å². The number of hydrogen-bond donors (Lipinski definition) is 4. The first kappa shape index (κ1) is 28.6. The number of aromatic nitrogens is 1. The van der Waals surface area contributed by atoms with Gasteiger partial charge in [0.25, 0.3) is 0 Å². The largest absolute Gasteiger partial charge is 0.478 e. The summed E-state index contributed by atoms with van der Waals surface area (Å²) in [5.41, 5.74) is 3.50. The van der Waals surface area contributed by atoms with Gasteiger partial charge in [-0.05, 0) is 60.9 Å². The molecule has 10 nitrogen and oxygen atoms in total. The molecule has 0 saturated carbocycles. The van der Waals surface area contributed by atoms with Crippen molar-refractivity contribution in [3.05, 3.63) is 93.6 Å². The fraction of sp³-hybridized carbons (Fsp3) is 0.226. The molecule has 0 aliphatic carbocycles. The maximum Gasteiger partial charge on any atom is 0.335 e. The monoisotopic (exact) mass is 619 g/mol. The molecule has 4 amide bonds. The lowest BCUT2D eigenvalue weighted by molar-refractivity contribution is -0.140. The first-order valence-corrected chi connectivity index (χ1v) is 14.5. The predicted octanol–water partition coefficient (Wildman–Crippen LogP) is 5.76. The van der Waals surface area contributed by atoms with Crippen molar-refractivity contribution < 1.29 is 24.3 Å². The molecular formula is C31H27Cl2N5O5. The van der Waals surface area contributed by atoms with Crippen molar-refractivity contribution in [2.24, 2.45) is 0 Å². The average Bonchev–Trinajstić information content (AvgIpc) is 3.63. The number of nitrogens with zero attached hydrogens (tertiary/aromatic N) is 2. The van der Waals surface area contributed by atoms with E-state index in [0.717, 1.165) is 22.2 Å². The molecule has 6 rings (SSSR count). The van der Waals surface area contributed by atoms with Gasteiger partial charge in [-0.15, -0.1) is 0 Å². The quantitative estimate of drug-likeness (QED) is 0.225. The third-order valence-electron chi connectivity index (χ3n) is 7.94. The minimum absolute atomic E-state index is 0.0394. The molecule has 12 heteroatoms. The Labute approximate surface area is 256 Å². The van der Waals surface area contributed by atoms with Crippen LogP contribution < -0.4 is 10.6 Å². The highest BCUT2D eigenvalue weighted by Crippen LogP contribution is 2.33. The molecule has 43 heavy (non-hydrogen) atoms. The topological polar surface area (TPSA) is 135 Å². The third kappa shape index (κ3) is 5.63. The standard InChI is InChI=1S/C31H27Cl2N5O5/c32-22-11-10-19(14-23(22)33)35-31(43)38-16-25-21(20-7-1-2-8-24(20)36-25)15-27(38)29(40)37-12-4-9-26(37)28(39)34-18-6-3-5-17(13-18)30(41)42/h1-3,5-8,10-11,13-14,26-27,36H,4,9,12,15-16H2,(H,34,39)(H,35,43)(H,41,42)/t26-,27+/m0/s1. The summed E-state index contributed by atoms with van der Waals surface area (Å²) in [4.78, 5) is 59.1. The van der Waals surface area contributed by atoms with Crippen LogP contribution in [0.25, 0.3) is 10.9 Å². The molecule has 0 radical (unpaired) electrons. The second-order valence-electron chi connectivity index (χ2n) is 10.6. The highest BCUT2D eigenvalue weighted by Gasteiger charge is 2.43. The van der Waals surface area contributed by atoms with Crippen LogP contribution in [0.5, 0.6) is 0 Å². The van der Waals surface area contributed by atoms with Gasteiger partial charge in [-0.1, -0.05) is 47.5 Å². The summed E-state index contributed by atoms with van der Waals surface area (Å²) in [5.74, 6) is -1.86. The van der Waals surface area contributed by atoms with Gasteiger partial charge in [0.1, 0.15) is 12.1 Å². The number of halogens is 2. The Bertz CT molecular complexity index is 1770. The number of hydrogen-bond acceptors (Lipinski definition) is 4. The van der Waals surface area contributed by atoms with Crippen LogP contribution >= 0.6 is 23.2 Å². The average molecular weight is 620 g/mol. The van der Waals surface area contributed by atoms with Crippen LogP contribution in [-0.2, 0) is 22.6 Å². The molecule has 4 N–H and O–H groups in total. The lowest BCUT2D eigenvalue weighted by Gasteiger charge is -2.38. The number of benzene rings is 3. The molecule has 1 aromatic heterocycles. The van der Waals surface area contributed by atoms with E-state index < -0.39 is 30.0 Å². The number of carboxylic acids is 1. The molecule has 2 atom stereocenters. The molecule has 3 aromatic carbocycles. The van der Waals surface area contributed by atoms with E-state index in [1.54, 1.807) is 24.3 Å². The summed E-state index contributed by atoms with van der Waals surface area (Å²) >= 11 is 12.2. The van der Waals surface area contributed by atoms with Gasteiger partial charge in [0, 0.05) is 40.9 Å². The Morgan fingerprint density at radius 1 is 0.860 bits per heavy atom. The van der Waals surface area contributed by atoms with Crippen LogP contribution in [0, 0.1) is 0 Å². The van der Waals surface area contributed by atoms with Gasteiger partial charge in [-0.25, -0.2) is 9.59 Å². The zero-order chi connectivity index (χ0) is 30.2. The number of aromatic amines is 1. The molecule has 4 aromatic rings. The van der Waals surface area contributed by atoms with E-state index in [4.69, 9.17) is 23.2 Å². The molecular weight excluding hydrogens is 593 g/mol. The molecule has 0 bridgehead atoms. The van der Waals surface area contributed by atoms with Crippen LogP contribution in [0.15, 0.2) is 66.7 Å². The summed E-state index contributed by atoms with van der Waals surface area (Å²) in [6, 6.07) is 16.3. The number of carbonyl (C=O) groups is 4. The first-order valence-electron chi connectivity index (χ1n) is 13.8. The Balaban J connectivity index is 1.28. The van der Waals surface area contributed by atoms with Gasteiger partial charge in [-0.2, -0.15) is 0 Å². The molecule has 3 heterocycles. The number of urea groups is 1. The Hall–Kier alpha value is -4.54. The SMILES string of the molecule is O=C(O)c1cccc(NC(=O)[C@@H]2CCCN2C(=O)[C@H]2Cc3c([nH]c4ccccc34)CN2C(=O)Nc2ccc(Cl)c(Cl)c2)c1. The maximum atomic E-state index is 14.2. The summed E-state index contributed by atoms with van der Waals surface area (Å²) in [6.45, 7) is 0.506. The van der Waals surface area contributed by atoms with Gasteiger partial charge in [0.05, 0.1) is 22.2 Å². The van der Waals surface area contributed by atoms with Gasteiger partial charge in [-0.3, -0.25) is 9.59 Å². The van der Waals surface area contributed by atoms with Crippen LogP contribution in [-0.4, -0.2) is 62.3 Å². The smallest absolute Gasteiger partial charge is 0.335 e. The highest BCUT2D eigenvalue weighted by atomic mass is 35.5. The normalized spacial score (nSPS) is 17.9. The van der Waals surface area contributed by atoms with Crippen LogP contribution in [0.2, 0.25) is 10.0 Å². The number of aromatic carboxylic acids is 1. The van der Waals surface area contributed by atoms with E-state index in [9.17, 15) is 24.3 Å². The fourth-order valence-corrected chi connectivity index (χ4v) is 6.16. The van der Waals surface area contributed by atoms with E-state index >= 15 is 0 Å². The second-order valence-corrected chi connectivity index (χ2v) is 11.4. The van der Waals surface area contributed by atoms with Gasteiger partial charge < -0.3 is 30.5 Å². The Morgan fingerprint density at radius 2 is 1.65 bits per heavy atom. The zero-order valence-corrected chi connectivity index (χ0v) is 24.3. The molecule has 1 fully saturated rings. The number of nitrogens with one attached hydrogen (secondary N) is 3. The number of carboxylic acid groups (broad SMARTS) is 1. The van der Waals surface area contributed by atoms with Crippen molar-refractivity contribution in [3.8, 4) is 0 Å². The summed E-state index contributed by atoms with van der Waals surface area (Å²) in [5, 5.41) is 16.5. The lowest BCUT2D eigenvalue weighted by Crippen LogP contribution is -2.56. The van der Waals surface area contributed by atoms with E-state index in [1.165, 1.54) is 28.0 Å². The van der Waals surface area contributed by atoms with E-state index in [-0.39, 0.29) is 29.5 Å². The highest BCUT2D eigenvalue weighted by molar-refractivity contribution is 6.42. The summed E-state index contributed by atoms with van der Waals surface area (Å²) in [6.07, 6.45) is 1.31. The molecule has 0 unspecified atom stereocenters.